The van der Waals surface area contributed by atoms with Crippen LogP contribution in [0.3, 0.4) is 0 Å². The minimum absolute atomic E-state index is 0.106. The van der Waals surface area contributed by atoms with Crippen LogP contribution in [0.1, 0.15) is 50.5 Å². The first-order valence-electron chi connectivity index (χ1n) is 8.95. The van der Waals surface area contributed by atoms with Crippen LogP contribution in [-0.2, 0) is 16.0 Å². The lowest BCUT2D eigenvalue weighted by atomic mass is 10.0. The van der Waals surface area contributed by atoms with Crippen LogP contribution in [0.4, 0.5) is 11.4 Å². The number of nitrogens with zero attached hydrogens (tertiary/aromatic N) is 1. The van der Waals surface area contributed by atoms with E-state index in [1.807, 2.05) is 17.0 Å². The van der Waals surface area contributed by atoms with Gasteiger partial charge < -0.3 is 10.2 Å². The summed E-state index contributed by atoms with van der Waals surface area (Å²) in [6.45, 7) is 0.782. The molecule has 1 aromatic rings. The highest BCUT2D eigenvalue weighted by molar-refractivity contribution is 5.99. The second kappa shape index (κ2) is 5.99. The van der Waals surface area contributed by atoms with Crippen molar-refractivity contribution in [3.05, 3.63) is 23.8 Å². The summed E-state index contributed by atoms with van der Waals surface area (Å²) in [7, 11) is 0. The normalized spacial score (nSPS) is 20.6. The molecule has 1 N–H and O–H groups in total. The monoisotopic (exact) mass is 312 g/mol. The molecule has 0 aromatic heterocycles. The second-order valence-corrected chi connectivity index (χ2v) is 7.26. The fourth-order valence-corrected chi connectivity index (χ4v) is 3.93. The average Bonchev–Trinajstić information content (AvgIpc) is 3.11. The summed E-state index contributed by atoms with van der Waals surface area (Å²) in [5.74, 6) is 1.16. The van der Waals surface area contributed by atoms with Gasteiger partial charge in [0.1, 0.15) is 0 Å². The van der Waals surface area contributed by atoms with Gasteiger partial charge in [-0.3, -0.25) is 9.59 Å². The first-order chi connectivity index (χ1) is 11.2. The third-order valence-corrected chi connectivity index (χ3v) is 5.41. The number of amides is 2. The Morgan fingerprint density at radius 1 is 1.13 bits per heavy atom. The van der Waals surface area contributed by atoms with Crippen molar-refractivity contribution in [3.8, 4) is 0 Å². The summed E-state index contributed by atoms with van der Waals surface area (Å²) in [5, 5.41) is 3.03. The minimum atomic E-state index is 0.106. The van der Waals surface area contributed by atoms with Crippen LogP contribution in [0.5, 0.6) is 0 Å². The molecule has 0 radical (unpaired) electrons. The number of hydrogen-bond acceptors (Lipinski definition) is 2. The molecule has 0 atom stereocenters. The molecule has 4 heteroatoms. The Morgan fingerprint density at radius 3 is 2.65 bits per heavy atom. The van der Waals surface area contributed by atoms with Gasteiger partial charge in [0.2, 0.25) is 11.8 Å². The van der Waals surface area contributed by atoms with E-state index in [1.54, 1.807) is 0 Å². The van der Waals surface area contributed by atoms with Gasteiger partial charge in [-0.05, 0) is 55.7 Å². The number of carbonyl (C=O) groups is 2. The van der Waals surface area contributed by atoms with Gasteiger partial charge in [0.05, 0.1) is 0 Å². The minimum Gasteiger partial charge on any atom is -0.326 e. The molecule has 1 aromatic carbocycles. The Labute approximate surface area is 137 Å². The maximum atomic E-state index is 12.4. The Kier molecular flexibility index (Phi) is 3.83. The summed E-state index contributed by atoms with van der Waals surface area (Å²) in [4.78, 5) is 26.5. The summed E-state index contributed by atoms with van der Waals surface area (Å²) in [6, 6.07) is 6.01. The van der Waals surface area contributed by atoms with E-state index in [9.17, 15) is 9.59 Å². The zero-order chi connectivity index (χ0) is 15.8. The Morgan fingerprint density at radius 2 is 1.91 bits per heavy atom. The zero-order valence-corrected chi connectivity index (χ0v) is 13.5. The molecule has 0 unspecified atom stereocenters. The summed E-state index contributed by atoms with van der Waals surface area (Å²) < 4.78 is 0. The molecule has 122 valence electrons. The summed E-state index contributed by atoms with van der Waals surface area (Å²) in [6.07, 6.45) is 8.49. The number of carbonyl (C=O) groups excluding carboxylic acids is 2. The van der Waals surface area contributed by atoms with Crippen molar-refractivity contribution in [1.29, 1.82) is 0 Å². The SMILES string of the molecule is O=C(CC1CCCC1)Nc1ccc2c(c1)N(C(=O)C1CC1)CC2. The predicted molar refractivity (Wildman–Crippen MR) is 90.4 cm³/mol. The Bertz CT molecular complexity index is 630. The molecule has 2 amide bonds. The van der Waals surface area contributed by atoms with E-state index in [4.69, 9.17) is 0 Å². The lowest BCUT2D eigenvalue weighted by Crippen LogP contribution is -2.30. The van der Waals surface area contributed by atoms with Crippen molar-refractivity contribution in [2.45, 2.75) is 51.4 Å². The maximum Gasteiger partial charge on any atom is 0.230 e. The molecule has 2 fully saturated rings. The first-order valence-corrected chi connectivity index (χ1v) is 8.95. The van der Waals surface area contributed by atoms with E-state index >= 15 is 0 Å². The average molecular weight is 312 g/mol. The van der Waals surface area contributed by atoms with Crippen molar-refractivity contribution in [2.75, 3.05) is 16.8 Å². The fourth-order valence-electron chi connectivity index (χ4n) is 3.93. The molecule has 1 aliphatic heterocycles. The molecule has 3 aliphatic rings. The molecule has 2 aliphatic carbocycles. The lowest BCUT2D eigenvalue weighted by molar-refractivity contribution is -0.119. The molecule has 0 bridgehead atoms. The van der Waals surface area contributed by atoms with Crippen LogP contribution in [0.2, 0.25) is 0 Å². The lowest BCUT2D eigenvalue weighted by Gasteiger charge is -2.18. The van der Waals surface area contributed by atoms with Crippen LogP contribution in [0.15, 0.2) is 18.2 Å². The summed E-state index contributed by atoms with van der Waals surface area (Å²) >= 11 is 0. The van der Waals surface area contributed by atoms with Crippen LogP contribution >= 0.6 is 0 Å². The van der Waals surface area contributed by atoms with Gasteiger partial charge in [-0.25, -0.2) is 0 Å². The zero-order valence-electron chi connectivity index (χ0n) is 13.5. The molecular weight excluding hydrogens is 288 g/mol. The van der Waals surface area contributed by atoms with E-state index in [2.05, 4.69) is 11.4 Å². The van der Waals surface area contributed by atoms with Gasteiger partial charge in [0.25, 0.3) is 0 Å². The predicted octanol–water partition coefficient (Wildman–Crippen LogP) is 3.50. The van der Waals surface area contributed by atoms with Crippen LogP contribution < -0.4 is 10.2 Å². The number of nitrogens with one attached hydrogen (secondary N) is 1. The molecule has 1 heterocycles. The standard InChI is InChI=1S/C19H24N2O2/c22-18(11-13-3-1-2-4-13)20-16-8-7-14-9-10-21(17(14)12-16)19(23)15-5-6-15/h7-8,12-13,15H,1-6,9-11H2,(H,20,22). The van der Waals surface area contributed by atoms with Gasteiger partial charge in [-0.2, -0.15) is 0 Å². The van der Waals surface area contributed by atoms with Gasteiger partial charge in [-0.15, -0.1) is 0 Å². The maximum absolute atomic E-state index is 12.4. The molecular formula is C19H24N2O2. The molecule has 4 nitrogen and oxygen atoms in total. The van der Waals surface area contributed by atoms with E-state index in [0.717, 1.165) is 37.2 Å². The van der Waals surface area contributed by atoms with Crippen LogP contribution in [0, 0.1) is 11.8 Å². The third kappa shape index (κ3) is 3.12. The second-order valence-electron chi connectivity index (χ2n) is 7.26. The van der Waals surface area contributed by atoms with Crippen molar-refractivity contribution in [2.24, 2.45) is 11.8 Å². The topological polar surface area (TPSA) is 49.4 Å². The van der Waals surface area contributed by atoms with Crippen molar-refractivity contribution in [3.63, 3.8) is 0 Å². The van der Waals surface area contributed by atoms with Crippen LogP contribution in [0.25, 0.3) is 0 Å². The molecule has 0 spiro atoms. The smallest absolute Gasteiger partial charge is 0.230 e. The van der Waals surface area contributed by atoms with E-state index in [1.165, 1.54) is 31.2 Å². The molecule has 4 rings (SSSR count). The van der Waals surface area contributed by atoms with Crippen LogP contribution in [-0.4, -0.2) is 18.4 Å². The van der Waals surface area contributed by atoms with E-state index in [0.29, 0.717) is 12.3 Å². The molecule has 2 saturated carbocycles. The van der Waals surface area contributed by atoms with Crippen molar-refractivity contribution >= 4 is 23.2 Å². The number of rotatable bonds is 4. The molecule has 23 heavy (non-hydrogen) atoms. The largest absolute Gasteiger partial charge is 0.326 e. The first kappa shape index (κ1) is 14.7. The van der Waals surface area contributed by atoms with Gasteiger partial charge in [-0.1, -0.05) is 18.9 Å². The van der Waals surface area contributed by atoms with Gasteiger partial charge in [0, 0.05) is 30.3 Å². The summed E-state index contributed by atoms with van der Waals surface area (Å²) in [5.41, 5.74) is 3.04. The van der Waals surface area contributed by atoms with E-state index in [-0.39, 0.29) is 17.7 Å². The number of benzene rings is 1. The third-order valence-electron chi connectivity index (χ3n) is 5.41. The number of hydrogen-bond donors (Lipinski definition) is 1. The number of anilines is 2. The molecule has 0 saturated heterocycles. The Balaban J connectivity index is 1.44. The highest BCUT2D eigenvalue weighted by atomic mass is 16.2. The highest BCUT2D eigenvalue weighted by Crippen LogP contribution is 2.37. The fraction of sp³-hybridized carbons (Fsp3) is 0.579. The van der Waals surface area contributed by atoms with E-state index < -0.39 is 0 Å². The van der Waals surface area contributed by atoms with Gasteiger partial charge in [0.15, 0.2) is 0 Å². The quantitative estimate of drug-likeness (QED) is 0.925. The number of fused-ring (bicyclic) bond motifs is 1. The van der Waals surface area contributed by atoms with Crippen molar-refractivity contribution < 1.29 is 9.59 Å². The van der Waals surface area contributed by atoms with Crippen molar-refractivity contribution in [1.82, 2.24) is 0 Å². The highest BCUT2D eigenvalue weighted by Gasteiger charge is 2.36. The van der Waals surface area contributed by atoms with Gasteiger partial charge >= 0.3 is 0 Å². The Hall–Kier alpha value is -1.84.